The number of aryl methyl sites for hydroxylation is 1. The summed E-state index contributed by atoms with van der Waals surface area (Å²) in [7, 11) is 0. The lowest BCUT2D eigenvalue weighted by Crippen LogP contribution is -2.36. The van der Waals surface area contributed by atoms with Crippen molar-refractivity contribution in [1.29, 1.82) is 0 Å². The summed E-state index contributed by atoms with van der Waals surface area (Å²) in [6.07, 6.45) is -0.0344. The first-order valence-electron chi connectivity index (χ1n) is 6.37. The van der Waals surface area contributed by atoms with E-state index in [-0.39, 0.29) is 18.8 Å². The smallest absolute Gasteiger partial charge is 0.341 e. The molecule has 20 heavy (non-hydrogen) atoms. The first kappa shape index (κ1) is 13.3. The van der Waals surface area contributed by atoms with Crippen molar-refractivity contribution in [3.05, 3.63) is 33.7 Å². The number of nitrogens with zero attached hydrogens (tertiary/aromatic N) is 1. The number of ether oxygens (including phenoxy) is 2. The van der Waals surface area contributed by atoms with E-state index >= 15 is 0 Å². The SMILES string of the molecule is Cc1ccn([C@@H]2CO[C@H]3[C@@H]2OC[C@H]3O)c(=O)c1C(=O)O. The van der Waals surface area contributed by atoms with Gasteiger partial charge in [0.25, 0.3) is 5.56 Å². The monoisotopic (exact) mass is 281 g/mol. The number of aromatic carboxylic acids is 1. The maximum absolute atomic E-state index is 12.3. The highest BCUT2D eigenvalue weighted by molar-refractivity contribution is 5.88. The zero-order valence-electron chi connectivity index (χ0n) is 10.9. The number of aromatic nitrogens is 1. The molecule has 0 bridgehead atoms. The van der Waals surface area contributed by atoms with Gasteiger partial charge in [0.2, 0.25) is 0 Å². The number of pyridine rings is 1. The van der Waals surface area contributed by atoms with Crippen LogP contribution in [0.1, 0.15) is 22.0 Å². The molecule has 0 saturated carbocycles. The number of aliphatic hydroxyl groups excluding tert-OH is 1. The van der Waals surface area contributed by atoms with Crippen LogP contribution >= 0.6 is 0 Å². The van der Waals surface area contributed by atoms with Crippen LogP contribution in [0.25, 0.3) is 0 Å². The van der Waals surface area contributed by atoms with E-state index in [1.807, 2.05) is 0 Å². The Balaban J connectivity index is 2.02. The largest absolute Gasteiger partial charge is 0.477 e. The molecule has 2 fully saturated rings. The van der Waals surface area contributed by atoms with Crippen LogP contribution < -0.4 is 5.56 Å². The van der Waals surface area contributed by atoms with E-state index in [4.69, 9.17) is 14.6 Å². The van der Waals surface area contributed by atoms with Gasteiger partial charge in [0, 0.05) is 6.20 Å². The predicted molar refractivity (Wildman–Crippen MR) is 66.9 cm³/mol. The lowest BCUT2D eigenvalue weighted by Gasteiger charge is -2.19. The summed E-state index contributed by atoms with van der Waals surface area (Å²) in [6.45, 7) is 1.96. The maximum atomic E-state index is 12.3. The maximum Gasteiger partial charge on any atom is 0.341 e. The van der Waals surface area contributed by atoms with Gasteiger partial charge in [-0.15, -0.1) is 0 Å². The van der Waals surface area contributed by atoms with Crippen LogP contribution in [0.2, 0.25) is 0 Å². The van der Waals surface area contributed by atoms with Gasteiger partial charge in [-0.25, -0.2) is 4.79 Å². The number of hydrogen-bond donors (Lipinski definition) is 2. The normalized spacial score (nSPS) is 32.3. The van der Waals surface area contributed by atoms with Crippen molar-refractivity contribution >= 4 is 5.97 Å². The van der Waals surface area contributed by atoms with Crippen molar-refractivity contribution in [3.63, 3.8) is 0 Å². The molecular weight excluding hydrogens is 266 g/mol. The van der Waals surface area contributed by atoms with E-state index in [1.165, 1.54) is 4.57 Å². The van der Waals surface area contributed by atoms with Crippen LogP contribution in [-0.2, 0) is 9.47 Å². The summed E-state index contributed by atoms with van der Waals surface area (Å²) >= 11 is 0. The van der Waals surface area contributed by atoms with Gasteiger partial charge in [0.1, 0.15) is 23.9 Å². The molecule has 3 rings (SSSR count). The van der Waals surface area contributed by atoms with Crippen LogP contribution in [0.3, 0.4) is 0 Å². The summed E-state index contributed by atoms with van der Waals surface area (Å²) in [4.78, 5) is 23.5. The second kappa shape index (κ2) is 4.69. The van der Waals surface area contributed by atoms with Gasteiger partial charge in [-0.05, 0) is 18.6 Å². The third kappa shape index (κ3) is 1.86. The minimum absolute atomic E-state index is 0.165. The fraction of sp³-hybridized carbons (Fsp3) is 0.538. The van der Waals surface area contributed by atoms with Crippen LogP contribution in [0.5, 0.6) is 0 Å². The summed E-state index contributed by atoms with van der Waals surface area (Å²) in [6, 6.07) is 1.17. The molecule has 2 N–H and O–H groups in total. The zero-order valence-corrected chi connectivity index (χ0v) is 10.9. The molecule has 0 unspecified atom stereocenters. The van der Waals surface area contributed by atoms with Crippen molar-refractivity contribution in [3.8, 4) is 0 Å². The number of carbonyl (C=O) groups is 1. The van der Waals surface area contributed by atoms with Crippen LogP contribution in [0.15, 0.2) is 17.1 Å². The van der Waals surface area contributed by atoms with E-state index < -0.39 is 35.9 Å². The standard InChI is InChI=1S/C13H15NO6/c1-6-2-3-14(12(16)9(6)13(17)18)7-4-19-11-8(15)5-20-10(7)11/h2-3,7-8,10-11,15H,4-5H2,1H3,(H,17,18)/t7-,8-,10-,11-/m1/s1. The highest BCUT2D eigenvalue weighted by atomic mass is 16.6. The molecule has 4 atom stereocenters. The minimum atomic E-state index is -1.25. The quantitative estimate of drug-likeness (QED) is 0.762. The van der Waals surface area contributed by atoms with Crippen molar-refractivity contribution < 1.29 is 24.5 Å². The number of fused-ring (bicyclic) bond motifs is 1. The van der Waals surface area contributed by atoms with Crippen molar-refractivity contribution in [1.82, 2.24) is 4.57 Å². The molecule has 1 aromatic heterocycles. The molecule has 2 saturated heterocycles. The van der Waals surface area contributed by atoms with E-state index in [0.29, 0.717) is 5.56 Å². The summed E-state index contributed by atoms with van der Waals surface area (Å²) in [5.41, 5.74) is -0.396. The fourth-order valence-electron chi connectivity index (χ4n) is 2.86. The first-order chi connectivity index (χ1) is 9.50. The Morgan fingerprint density at radius 3 is 2.75 bits per heavy atom. The average Bonchev–Trinajstić information content (AvgIpc) is 2.93. The molecule has 108 valence electrons. The van der Waals surface area contributed by atoms with Crippen molar-refractivity contribution in [2.45, 2.75) is 31.3 Å². The highest BCUT2D eigenvalue weighted by Gasteiger charge is 2.48. The van der Waals surface area contributed by atoms with E-state index in [2.05, 4.69) is 0 Å². The number of carboxylic acids is 1. The van der Waals surface area contributed by atoms with Crippen LogP contribution in [-0.4, -0.2) is 52.3 Å². The summed E-state index contributed by atoms with van der Waals surface area (Å²) in [5.74, 6) is -1.25. The van der Waals surface area contributed by atoms with Crippen molar-refractivity contribution in [2.75, 3.05) is 13.2 Å². The molecule has 1 aromatic rings. The average molecular weight is 281 g/mol. The molecule has 0 amide bonds. The fourth-order valence-corrected chi connectivity index (χ4v) is 2.86. The molecule has 0 aliphatic carbocycles. The molecule has 2 aliphatic rings. The summed E-state index contributed by atoms with van der Waals surface area (Å²) < 4.78 is 12.3. The summed E-state index contributed by atoms with van der Waals surface area (Å²) in [5, 5.41) is 18.8. The third-order valence-electron chi connectivity index (χ3n) is 3.90. The predicted octanol–water partition coefficient (Wildman–Crippen LogP) is -0.445. The first-order valence-corrected chi connectivity index (χ1v) is 6.37. The lowest BCUT2D eigenvalue weighted by molar-refractivity contribution is 0.0171. The van der Waals surface area contributed by atoms with E-state index in [0.717, 1.165) is 0 Å². The Morgan fingerprint density at radius 1 is 1.35 bits per heavy atom. The molecule has 2 aliphatic heterocycles. The Bertz CT molecular complexity index is 609. The van der Waals surface area contributed by atoms with Gasteiger partial charge in [-0.1, -0.05) is 0 Å². The van der Waals surface area contributed by atoms with Gasteiger partial charge >= 0.3 is 5.97 Å². The van der Waals surface area contributed by atoms with Crippen molar-refractivity contribution in [2.24, 2.45) is 0 Å². The highest BCUT2D eigenvalue weighted by Crippen LogP contribution is 2.33. The third-order valence-corrected chi connectivity index (χ3v) is 3.90. The molecule has 7 heteroatoms. The lowest BCUT2D eigenvalue weighted by atomic mass is 10.1. The molecule has 3 heterocycles. The molecule has 0 radical (unpaired) electrons. The van der Waals surface area contributed by atoms with Gasteiger partial charge in [-0.3, -0.25) is 4.79 Å². The number of hydrogen-bond acceptors (Lipinski definition) is 5. The second-order valence-corrected chi connectivity index (χ2v) is 5.12. The number of carboxylic acid groups (broad SMARTS) is 1. The van der Waals surface area contributed by atoms with E-state index in [1.54, 1.807) is 19.2 Å². The van der Waals surface area contributed by atoms with Gasteiger partial charge in [-0.2, -0.15) is 0 Å². The van der Waals surface area contributed by atoms with Crippen LogP contribution in [0.4, 0.5) is 0 Å². The Morgan fingerprint density at radius 2 is 2.05 bits per heavy atom. The topological polar surface area (TPSA) is 98.0 Å². The van der Waals surface area contributed by atoms with E-state index in [9.17, 15) is 14.7 Å². The number of rotatable bonds is 2. The Kier molecular flexibility index (Phi) is 3.12. The van der Waals surface area contributed by atoms with Gasteiger partial charge < -0.3 is 24.3 Å². The second-order valence-electron chi connectivity index (χ2n) is 5.12. The molecule has 0 aromatic carbocycles. The zero-order chi connectivity index (χ0) is 14.4. The van der Waals surface area contributed by atoms with Gasteiger partial charge in [0.15, 0.2) is 0 Å². The van der Waals surface area contributed by atoms with Crippen LogP contribution in [0, 0.1) is 6.92 Å². The Labute approximate surface area is 114 Å². The number of aliphatic hydroxyl groups is 1. The minimum Gasteiger partial charge on any atom is -0.477 e. The Hall–Kier alpha value is -1.70. The van der Waals surface area contributed by atoms with Gasteiger partial charge in [0.05, 0.1) is 19.3 Å². The molecule has 0 spiro atoms. The molecular formula is C13H15NO6. The molecule has 7 nitrogen and oxygen atoms in total.